The maximum atomic E-state index is 5.90. The fourth-order valence-electron chi connectivity index (χ4n) is 3.86. The van der Waals surface area contributed by atoms with Crippen molar-refractivity contribution < 1.29 is 4.74 Å². The highest BCUT2D eigenvalue weighted by atomic mass is 35.5. The molecule has 3 rings (SSSR count). The second kappa shape index (κ2) is 9.29. The lowest BCUT2D eigenvalue weighted by Crippen LogP contribution is -2.13. The number of hydrogen-bond acceptors (Lipinski definition) is 1. The van der Waals surface area contributed by atoms with Crippen molar-refractivity contribution in [3.8, 4) is 5.75 Å². The van der Waals surface area contributed by atoms with E-state index in [1.165, 1.54) is 56.1 Å². The van der Waals surface area contributed by atoms with E-state index in [-0.39, 0.29) is 0 Å². The molecule has 0 spiro atoms. The van der Waals surface area contributed by atoms with Gasteiger partial charge in [0.2, 0.25) is 0 Å². The molecule has 0 aromatic heterocycles. The minimum atomic E-state index is 0.603. The second-order valence-electron chi connectivity index (χ2n) is 7.34. The van der Waals surface area contributed by atoms with Crippen LogP contribution in [0.2, 0.25) is 5.02 Å². The topological polar surface area (TPSA) is 9.23 Å². The quantitative estimate of drug-likeness (QED) is 0.502. The molecule has 1 fully saturated rings. The average molecular weight is 357 g/mol. The molecule has 0 bridgehead atoms. The summed E-state index contributed by atoms with van der Waals surface area (Å²) in [4.78, 5) is 0. The minimum absolute atomic E-state index is 0.603. The Labute approximate surface area is 157 Å². The Morgan fingerprint density at radius 3 is 2.24 bits per heavy atom. The van der Waals surface area contributed by atoms with E-state index < -0.39 is 0 Å². The lowest BCUT2D eigenvalue weighted by Gasteiger charge is -2.29. The standard InChI is InChI=1S/C23H29ClO/c1-2-3-4-18-5-9-20(10-6-18)21-11-7-19(8-12-21)17-25-23-15-13-22(24)14-16-23/h7-8,11-16,18,20H,2-6,9-10,17H2,1H3. The largest absolute Gasteiger partial charge is 0.489 e. The summed E-state index contributed by atoms with van der Waals surface area (Å²) in [6.07, 6.45) is 9.70. The summed E-state index contributed by atoms with van der Waals surface area (Å²) in [6, 6.07) is 16.6. The maximum absolute atomic E-state index is 5.90. The van der Waals surface area contributed by atoms with Crippen LogP contribution in [0.15, 0.2) is 48.5 Å². The fourth-order valence-corrected chi connectivity index (χ4v) is 3.99. The van der Waals surface area contributed by atoms with E-state index in [0.29, 0.717) is 6.61 Å². The van der Waals surface area contributed by atoms with Gasteiger partial charge < -0.3 is 4.74 Å². The Hall–Kier alpha value is -1.47. The summed E-state index contributed by atoms with van der Waals surface area (Å²) in [5.74, 6) is 2.59. The van der Waals surface area contributed by atoms with Gasteiger partial charge >= 0.3 is 0 Å². The van der Waals surface area contributed by atoms with Gasteiger partial charge in [-0.3, -0.25) is 0 Å². The lowest BCUT2D eigenvalue weighted by molar-refractivity contribution is 0.302. The van der Waals surface area contributed by atoms with Crippen LogP contribution in [-0.4, -0.2) is 0 Å². The molecule has 0 aliphatic heterocycles. The van der Waals surface area contributed by atoms with Gasteiger partial charge in [-0.2, -0.15) is 0 Å². The van der Waals surface area contributed by atoms with Gasteiger partial charge in [0.1, 0.15) is 12.4 Å². The van der Waals surface area contributed by atoms with Crippen LogP contribution in [0.4, 0.5) is 0 Å². The number of hydrogen-bond donors (Lipinski definition) is 0. The number of unbranched alkanes of at least 4 members (excludes halogenated alkanes) is 1. The van der Waals surface area contributed by atoms with Gasteiger partial charge in [0.05, 0.1) is 0 Å². The first kappa shape index (κ1) is 18.3. The number of rotatable bonds is 7. The summed E-state index contributed by atoms with van der Waals surface area (Å²) >= 11 is 5.90. The SMILES string of the molecule is CCCCC1CCC(c2ccc(COc3ccc(Cl)cc3)cc2)CC1. The predicted octanol–water partition coefficient (Wildman–Crippen LogP) is 7.38. The summed E-state index contributed by atoms with van der Waals surface area (Å²) in [6.45, 7) is 2.90. The van der Waals surface area contributed by atoms with Crippen LogP contribution in [-0.2, 0) is 6.61 Å². The van der Waals surface area contributed by atoms with E-state index >= 15 is 0 Å². The molecule has 0 atom stereocenters. The van der Waals surface area contributed by atoms with Crippen molar-refractivity contribution in [3.05, 3.63) is 64.7 Å². The van der Waals surface area contributed by atoms with Crippen molar-refractivity contribution in [3.63, 3.8) is 0 Å². The highest BCUT2D eigenvalue weighted by Gasteiger charge is 2.21. The highest BCUT2D eigenvalue weighted by molar-refractivity contribution is 6.30. The van der Waals surface area contributed by atoms with Crippen LogP contribution in [0.3, 0.4) is 0 Å². The van der Waals surface area contributed by atoms with Crippen LogP contribution in [0, 0.1) is 5.92 Å². The number of halogens is 1. The van der Waals surface area contributed by atoms with E-state index in [4.69, 9.17) is 16.3 Å². The third-order valence-electron chi connectivity index (χ3n) is 5.48. The van der Waals surface area contributed by atoms with Crippen LogP contribution in [0.25, 0.3) is 0 Å². The van der Waals surface area contributed by atoms with Crippen molar-refractivity contribution in [2.45, 2.75) is 64.4 Å². The van der Waals surface area contributed by atoms with Gasteiger partial charge in [-0.25, -0.2) is 0 Å². The first-order valence-electron chi connectivity index (χ1n) is 9.72. The first-order valence-corrected chi connectivity index (χ1v) is 10.1. The molecular weight excluding hydrogens is 328 g/mol. The van der Waals surface area contributed by atoms with Crippen molar-refractivity contribution in [2.75, 3.05) is 0 Å². The molecule has 2 heteroatoms. The molecule has 1 nitrogen and oxygen atoms in total. The van der Waals surface area contributed by atoms with Crippen molar-refractivity contribution >= 4 is 11.6 Å². The average Bonchev–Trinajstić information content (AvgIpc) is 2.67. The molecule has 0 amide bonds. The number of ether oxygens (including phenoxy) is 1. The summed E-state index contributed by atoms with van der Waals surface area (Å²) in [5, 5.41) is 0.737. The van der Waals surface area contributed by atoms with E-state index in [2.05, 4.69) is 31.2 Å². The molecule has 1 aliphatic rings. The first-order chi connectivity index (χ1) is 12.2. The molecule has 1 aliphatic carbocycles. The van der Waals surface area contributed by atoms with Crippen LogP contribution >= 0.6 is 11.6 Å². The maximum Gasteiger partial charge on any atom is 0.119 e. The Bertz CT molecular complexity index is 624. The third-order valence-corrected chi connectivity index (χ3v) is 5.73. The Morgan fingerprint density at radius 2 is 1.60 bits per heavy atom. The van der Waals surface area contributed by atoms with Crippen molar-refractivity contribution in [1.29, 1.82) is 0 Å². The molecule has 0 heterocycles. The molecule has 1 saturated carbocycles. The van der Waals surface area contributed by atoms with E-state index in [1.54, 1.807) is 0 Å². The second-order valence-corrected chi connectivity index (χ2v) is 7.78. The van der Waals surface area contributed by atoms with E-state index in [9.17, 15) is 0 Å². The minimum Gasteiger partial charge on any atom is -0.489 e. The van der Waals surface area contributed by atoms with Crippen molar-refractivity contribution in [1.82, 2.24) is 0 Å². The third kappa shape index (κ3) is 5.51. The normalized spacial score (nSPS) is 20.4. The molecule has 0 radical (unpaired) electrons. The molecular formula is C23H29ClO. The Kier molecular flexibility index (Phi) is 6.81. The molecule has 134 valence electrons. The van der Waals surface area contributed by atoms with Crippen LogP contribution in [0.5, 0.6) is 5.75 Å². The van der Waals surface area contributed by atoms with Gasteiger partial charge in [0.25, 0.3) is 0 Å². The predicted molar refractivity (Wildman–Crippen MR) is 106 cm³/mol. The fraction of sp³-hybridized carbons (Fsp3) is 0.478. The zero-order valence-electron chi connectivity index (χ0n) is 15.2. The summed E-state index contributed by atoms with van der Waals surface area (Å²) in [5.41, 5.74) is 2.72. The van der Waals surface area contributed by atoms with Gasteiger partial charge in [0, 0.05) is 5.02 Å². The van der Waals surface area contributed by atoms with Gasteiger partial charge in [-0.05, 0) is 72.9 Å². The van der Waals surface area contributed by atoms with Gasteiger partial charge in [0.15, 0.2) is 0 Å². The molecule has 0 N–H and O–H groups in total. The molecule has 2 aromatic carbocycles. The molecule has 25 heavy (non-hydrogen) atoms. The summed E-state index contributed by atoms with van der Waals surface area (Å²) in [7, 11) is 0. The summed E-state index contributed by atoms with van der Waals surface area (Å²) < 4.78 is 5.83. The van der Waals surface area contributed by atoms with Gasteiger partial charge in [-0.1, -0.05) is 62.1 Å². The van der Waals surface area contributed by atoms with Crippen LogP contribution in [0.1, 0.15) is 68.9 Å². The van der Waals surface area contributed by atoms with E-state index in [0.717, 1.165) is 22.6 Å². The zero-order valence-corrected chi connectivity index (χ0v) is 16.0. The number of benzene rings is 2. The Morgan fingerprint density at radius 1 is 0.920 bits per heavy atom. The monoisotopic (exact) mass is 356 g/mol. The van der Waals surface area contributed by atoms with Crippen molar-refractivity contribution in [2.24, 2.45) is 5.92 Å². The lowest BCUT2D eigenvalue weighted by atomic mass is 9.77. The molecule has 0 unspecified atom stereocenters. The Balaban J connectivity index is 1.48. The van der Waals surface area contributed by atoms with Crippen LogP contribution < -0.4 is 4.74 Å². The van der Waals surface area contributed by atoms with Gasteiger partial charge in [-0.15, -0.1) is 0 Å². The zero-order chi connectivity index (χ0) is 17.5. The molecule has 0 saturated heterocycles. The van der Waals surface area contributed by atoms with E-state index in [1.807, 2.05) is 24.3 Å². The highest BCUT2D eigenvalue weighted by Crippen LogP contribution is 2.37. The smallest absolute Gasteiger partial charge is 0.119 e. The molecule has 2 aromatic rings.